The summed E-state index contributed by atoms with van der Waals surface area (Å²) in [5.74, 6) is 1.11. The number of esters is 1. The molecule has 0 spiro atoms. The highest BCUT2D eigenvalue weighted by Crippen LogP contribution is 2.38. The first kappa shape index (κ1) is 19.5. The third kappa shape index (κ3) is 3.97. The van der Waals surface area contributed by atoms with Crippen LogP contribution in [0.25, 0.3) is 16.8 Å². The minimum Gasteiger partial charge on any atom is -0.495 e. The van der Waals surface area contributed by atoms with Crippen LogP contribution in [-0.4, -0.2) is 56.7 Å². The fourth-order valence-corrected chi connectivity index (χ4v) is 2.90. The highest BCUT2D eigenvalue weighted by Gasteiger charge is 2.29. The van der Waals surface area contributed by atoms with Gasteiger partial charge in [0.15, 0.2) is 5.69 Å². The molecule has 1 atom stereocenters. The van der Waals surface area contributed by atoms with Gasteiger partial charge in [-0.05, 0) is 31.6 Å². The number of nitrogens with one attached hydrogen (secondary N) is 1. The largest absolute Gasteiger partial charge is 0.495 e. The van der Waals surface area contributed by atoms with Gasteiger partial charge in [-0.2, -0.15) is 15.3 Å². The van der Waals surface area contributed by atoms with Crippen LogP contribution in [0, 0.1) is 12.8 Å². The summed E-state index contributed by atoms with van der Waals surface area (Å²) in [4.78, 5) is 25.1. The van der Waals surface area contributed by atoms with Gasteiger partial charge in [-0.1, -0.05) is 6.08 Å². The van der Waals surface area contributed by atoms with Gasteiger partial charge in [-0.3, -0.25) is 4.98 Å². The van der Waals surface area contributed by atoms with Crippen molar-refractivity contribution in [3.05, 3.63) is 47.8 Å². The van der Waals surface area contributed by atoms with Gasteiger partial charge in [0.2, 0.25) is 5.88 Å². The van der Waals surface area contributed by atoms with Crippen LogP contribution < -0.4 is 9.47 Å². The van der Waals surface area contributed by atoms with Gasteiger partial charge in [-0.15, -0.1) is 5.10 Å². The number of methoxy groups -OCH3 is 1. The number of hydrogen-bond donors (Lipinski definition) is 1. The summed E-state index contributed by atoms with van der Waals surface area (Å²) in [5, 5.41) is 10.4. The Labute approximate surface area is 172 Å². The van der Waals surface area contributed by atoms with Crippen LogP contribution in [0.5, 0.6) is 11.6 Å². The number of hydrogen-bond acceptors (Lipinski definition) is 9. The number of rotatable bonds is 8. The smallest absolute Gasteiger partial charge is 0.361 e. The average molecular weight is 408 g/mol. The molecule has 0 bridgehead atoms. The monoisotopic (exact) mass is 408 g/mol. The zero-order valence-corrected chi connectivity index (χ0v) is 16.7. The molecule has 10 heteroatoms. The van der Waals surface area contributed by atoms with Crippen molar-refractivity contribution >= 4 is 11.5 Å². The van der Waals surface area contributed by atoms with E-state index in [-0.39, 0.29) is 23.9 Å². The number of carbonyl (C=O) groups is 1. The Kier molecular flexibility index (Phi) is 5.38. The molecular formula is C20H20N6O4. The molecule has 10 nitrogen and oxygen atoms in total. The van der Waals surface area contributed by atoms with Crippen molar-refractivity contribution in [3.8, 4) is 22.9 Å². The Morgan fingerprint density at radius 3 is 2.80 bits per heavy atom. The van der Waals surface area contributed by atoms with E-state index in [9.17, 15) is 4.79 Å². The molecule has 3 aromatic heterocycles. The highest BCUT2D eigenvalue weighted by atomic mass is 16.5. The van der Waals surface area contributed by atoms with Crippen LogP contribution in [0.2, 0.25) is 0 Å². The van der Waals surface area contributed by atoms with Gasteiger partial charge in [0.1, 0.15) is 23.9 Å². The van der Waals surface area contributed by atoms with E-state index in [0.717, 1.165) is 11.3 Å². The summed E-state index contributed by atoms with van der Waals surface area (Å²) in [6, 6.07) is 3.78. The first-order valence-electron chi connectivity index (χ1n) is 9.37. The number of nitrogens with zero attached hydrogens (tertiary/aromatic N) is 5. The number of pyridine rings is 1. The lowest BCUT2D eigenvalue weighted by atomic mass is 10.2. The Balaban J connectivity index is 1.49. The van der Waals surface area contributed by atoms with Gasteiger partial charge < -0.3 is 14.2 Å². The van der Waals surface area contributed by atoms with E-state index in [1.54, 1.807) is 33.4 Å². The lowest BCUT2D eigenvalue weighted by Crippen LogP contribution is -2.09. The maximum absolute atomic E-state index is 12.1. The summed E-state index contributed by atoms with van der Waals surface area (Å²) in [6.45, 7) is 4.08. The number of carbonyl (C=O) groups excluding carboxylic acids is 1. The fourth-order valence-electron chi connectivity index (χ4n) is 2.90. The van der Waals surface area contributed by atoms with Gasteiger partial charge in [-0.25, -0.2) is 9.78 Å². The number of H-pyrrole nitrogens is 1. The molecule has 1 aliphatic rings. The molecule has 3 aromatic rings. The van der Waals surface area contributed by atoms with Crippen molar-refractivity contribution < 1.29 is 19.0 Å². The lowest BCUT2D eigenvalue weighted by molar-refractivity contribution is 0.0520. The molecule has 0 saturated heterocycles. The second-order valence-corrected chi connectivity index (χ2v) is 6.50. The van der Waals surface area contributed by atoms with Crippen molar-refractivity contribution in [3.63, 3.8) is 0 Å². The second-order valence-electron chi connectivity index (χ2n) is 6.50. The molecule has 154 valence electrons. The molecular weight excluding hydrogens is 388 g/mol. The molecule has 0 aromatic carbocycles. The predicted octanol–water partition coefficient (Wildman–Crippen LogP) is 2.24. The third-order valence-electron chi connectivity index (χ3n) is 4.48. The average Bonchev–Trinajstić information content (AvgIpc) is 3.37. The molecule has 1 N–H and O–H groups in total. The molecule has 1 aliphatic carbocycles. The lowest BCUT2D eigenvalue weighted by Gasteiger charge is -2.10. The van der Waals surface area contributed by atoms with Crippen LogP contribution in [0.3, 0.4) is 0 Å². The third-order valence-corrected chi connectivity index (χ3v) is 4.48. The van der Waals surface area contributed by atoms with E-state index >= 15 is 0 Å². The van der Waals surface area contributed by atoms with E-state index in [1.165, 1.54) is 0 Å². The zero-order chi connectivity index (χ0) is 21.1. The van der Waals surface area contributed by atoms with Crippen LogP contribution in [0.1, 0.15) is 28.9 Å². The first-order valence-corrected chi connectivity index (χ1v) is 9.37. The summed E-state index contributed by atoms with van der Waals surface area (Å²) >= 11 is 0. The Hall–Kier alpha value is -3.82. The van der Waals surface area contributed by atoms with Crippen molar-refractivity contribution in [2.75, 3.05) is 20.3 Å². The van der Waals surface area contributed by atoms with Gasteiger partial charge in [0.05, 0.1) is 31.2 Å². The fraction of sp³-hybridized carbons (Fsp3) is 0.300. The molecule has 0 saturated carbocycles. The number of aryl methyl sites for hydroxylation is 1. The van der Waals surface area contributed by atoms with Crippen LogP contribution >= 0.6 is 0 Å². The van der Waals surface area contributed by atoms with Crippen LogP contribution in [0.4, 0.5) is 0 Å². The topological polar surface area (TPSA) is 125 Å². The van der Waals surface area contributed by atoms with E-state index in [2.05, 4.69) is 36.4 Å². The maximum atomic E-state index is 12.1. The second kappa shape index (κ2) is 8.27. The van der Waals surface area contributed by atoms with Crippen LogP contribution in [-0.2, 0) is 4.74 Å². The Morgan fingerprint density at radius 2 is 2.07 bits per heavy atom. The molecule has 0 radical (unpaired) electrons. The Morgan fingerprint density at radius 1 is 1.20 bits per heavy atom. The van der Waals surface area contributed by atoms with Gasteiger partial charge in [0.25, 0.3) is 0 Å². The van der Waals surface area contributed by atoms with E-state index < -0.39 is 5.97 Å². The van der Waals surface area contributed by atoms with Crippen molar-refractivity contribution in [1.29, 1.82) is 0 Å². The highest BCUT2D eigenvalue weighted by molar-refractivity contribution is 5.94. The summed E-state index contributed by atoms with van der Waals surface area (Å²) in [6.07, 6.45) is 5.31. The normalized spacial score (nSPS) is 14.8. The van der Waals surface area contributed by atoms with Gasteiger partial charge in [0, 0.05) is 12.1 Å². The van der Waals surface area contributed by atoms with Crippen LogP contribution in [0.15, 0.2) is 30.6 Å². The number of ether oxygens (including phenoxy) is 3. The molecule has 0 aliphatic heterocycles. The maximum Gasteiger partial charge on any atom is 0.361 e. The number of aromatic nitrogens is 6. The minimum absolute atomic E-state index is 0.0572. The Bertz CT molecular complexity index is 1090. The first-order chi connectivity index (χ1) is 14.6. The molecule has 3 heterocycles. The molecule has 30 heavy (non-hydrogen) atoms. The molecule has 0 unspecified atom stereocenters. The van der Waals surface area contributed by atoms with Crippen molar-refractivity contribution in [2.24, 2.45) is 5.92 Å². The molecule has 4 rings (SSSR count). The summed E-state index contributed by atoms with van der Waals surface area (Å²) in [5.41, 5.74) is 2.77. The minimum atomic E-state index is -0.579. The molecule has 0 fully saturated rings. The molecule has 0 amide bonds. The summed E-state index contributed by atoms with van der Waals surface area (Å²) in [7, 11) is 1.60. The SMILES string of the molecule is CCOC(=O)c1n[nH]nc1-c1cnc(C)nc1OC[C@H]1C=C1c1ccc(OC)cn1. The van der Waals surface area contributed by atoms with Gasteiger partial charge >= 0.3 is 5.97 Å². The van der Waals surface area contributed by atoms with E-state index in [0.29, 0.717) is 29.6 Å². The quantitative estimate of drug-likeness (QED) is 0.559. The van der Waals surface area contributed by atoms with Crippen molar-refractivity contribution in [2.45, 2.75) is 13.8 Å². The number of aromatic amines is 1. The van der Waals surface area contributed by atoms with E-state index in [4.69, 9.17) is 14.2 Å². The zero-order valence-electron chi connectivity index (χ0n) is 16.7. The summed E-state index contributed by atoms with van der Waals surface area (Å²) < 4.78 is 16.1. The van der Waals surface area contributed by atoms with Crippen molar-refractivity contribution in [1.82, 2.24) is 30.4 Å². The predicted molar refractivity (Wildman–Crippen MR) is 106 cm³/mol. The standard InChI is InChI=1S/C20H20N6O4/c1-4-29-20(27)18-17(24-26-25-18)15-9-21-11(2)23-19(15)30-10-12-7-14(12)16-6-5-13(28-3)8-22-16/h5-9,12H,4,10H2,1-3H3,(H,24,25,26)/t12-/m1/s1. The van der Waals surface area contributed by atoms with E-state index in [1.807, 2.05) is 12.1 Å².